The maximum absolute atomic E-state index is 12.3. The number of para-hydroxylation sites is 1. The molecule has 1 amide bonds. The van der Waals surface area contributed by atoms with Gasteiger partial charge in [0.25, 0.3) is 5.91 Å². The molecule has 0 aliphatic rings. The normalized spacial score (nSPS) is 11.8. The summed E-state index contributed by atoms with van der Waals surface area (Å²) in [4.78, 5) is 16.1. The Bertz CT molecular complexity index is 661. The zero-order chi connectivity index (χ0) is 15.4. The molecule has 0 saturated heterocycles. The molecule has 0 saturated carbocycles. The van der Waals surface area contributed by atoms with Crippen LogP contribution in [0.5, 0.6) is 5.75 Å². The molecule has 0 fully saturated rings. The second-order valence-corrected chi connectivity index (χ2v) is 4.92. The van der Waals surface area contributed by atoms with Crippen LogP contribution in [-0.2, 0) is 0 Å². The maximum Gasteiger partial charge on any atom is 0.254 e. The van der Waals surface area contributed by atoms with Gasteiger partial charge in [-0.1, -0.05) is 29.8 Å². The van der Waals surface area contributed by atoms with Crippen LogP contribution in [0.1, 0.15) is 28.9 Å². The van der Waals surface area contributed by atoms with E-state index in [0.29, 0.717) is 11.3 Å². The molecule has 110 valence electrons. The minimum Gasteiger partial charge on any atom is -0.496 e. The van der Waals surface area contributed by atoms with E-state index in [2.05, 4.69) is 10.3 Å². The van der Waals surface area contributed by atoms with Crippen molar-refractivity contribution < 1.29 is 9.53 Å². The van der Waals surface area contributed by atoms with Crippen LogP contribution in [-0.4, -0.2) is 18.0 Å². The first-order valence-electron chi connectivity index (χ1n) is 6.37. The van der Waals surface area contributed by atoms with Crippen molar-refractivity contribution in [2.75, 3.05) is 12.8 Å². The van der Waals surface area contributed by atoms with Gasteiger partial charge in [0.05, 0.1) is 30.6 Å². The maximum atomic E-state index is 12.3. The molecule has 2 aromatic rings. The van der Waals surface area contributed by atoms with Crippen LogP contribution in [0.4, 0.5) is 5.69 Å². The van der Waals surface area contributed by atoms with E-state index in [4.69, 9.17) is 22.1 Å². The van der Waals surface area contributed by atoms with Crippen LogP contribution in [0, 0.1) is 0 Å². The van der Waals surface area contributed by atoms with Gasteiger partial charge >= 0.3 is 0 Å². The van der Waals surface area contributed by atoms with Crippen LogP contribution in [0.15, 0.2) is 36.5 Å². The van der Waals surface area contributed by atoms with Crippen molar-refractivity contribution >= 4 is 23.2 Å². The van der Waals surface area contributed by atoms with Gasteiger partial charge in [0, 0.05) is 5.56 Å². The summed E-state index contributed by atoms with van der Waals surface area (Å²) in [7, 11) is 1.59. The molecule has 0 spiro atoms. The number of hydrogen-bond acceptors (Lipinski definition) is 4. The molecule has 0 aliphatic heterocycles. The van der Waals surface area contributed by atoms with Crippen LogP contribution in [0.2, 0.25) is 5.15 Å². The molecule has 2 rings (SSSR count). The van der Waals surface area contributed by atoms with Crippen LogP contribution < -0.4 is 15.8 Å². The van der Waals surface area contributed by atoms with Gasteiger partial charge in [-0.3, -0.25) is 4.79 Å². The van der Waals surface area contributed by atoms with E-state index < -0.39 is 0 Å². The molecule has 6 heteroatoms. The predicted molar refractivity (Wildman–Crippen MR) is 82.5 cm³/mol. The number of nitrogen functional groups attached to an aromatic ring is 1. The quantitative estimate of drug-likeness (QED) is 0.852. The third-order valence-corrected chi connectivity index (χ3v) is 3.31. The standard InChI is InChI=1S/C15H16ClN3O2/c1-9(10-5-3-4-6-13(10)21-2)19-15(20)11-7-14(16)18-8-12(11)17/h3-9H,17H2,1-2H3,(H,19,20). The first-order valence-corrected chi connectivity index (χ1v) is 6.75. The number of rotatable bonds is 4. The van der Waals surface area contributed by atoms with E-state index in [-0.39, 0.29) is 22.8 Å². The predicted octanol–water partition coefficient (Wildman–Crippen LogP) is 2.82. The molecule has 1 aromatic carbocycles. The van der Waals surface area contributed by atoms with Gasteiger partial charge in [-0.05, 0) is 19.1 Å². The lowest BCUT2D eigenvalue weighted by Gasteiger charge is -2.17. The lowest BCUT2D eigenvalue weighted by atomic mass is 10.1. The topological polar surface area (TPSA) is 77.2 Å². The molecule has 1 heterocycles. The number of anilines is 1. The van der Waals surface area contributed by atoms with Crippen molar-refractivity contribution in [1.29, 1.82) is 0 Å². The van der Waals surface area contributed by atoms with Crippen LogP contribution in [0.25, 0.3) is 0 Å². The van der Waals surface area contributed by atoms with Gasteiger partial charge in [0.1, 0.15) is 10.9 Å². The van der Waals surface area contributed by atoms with Crippen molar-refractivity contribution in [1.82, 2.24) is 10.3 Å². The minimum absolute atomic E-state index is 0.222. The number of pyridine rings is 1. The fourth-order valence-electron chi connectivity index (χ4n) is 2.01. The largest absolute Gasteiger partial charge is 0.496 e. The van der Waals surface area contributed by atoms with Crippen molar-refractivity contribution in [3.8, 4) is 5.75 Å². The van der Waals surface area contributed by atoms with Crippen molar-refractivity contribution in [2.24, 2.45) is 0 Å². The number of methoxy groups -OCH3 is 1. The lowest BCUT2D eigenvalue weighted by Crippen LogP contribution is -2.27. The Morgan fingerprint density at radius 2 is 2.14 bits per heavy atom. The molecule has 0 radical (unpaired) electrons. The van der Waals surface area contributed by atoms with E-state index in [1.165, 1.54) is 12.3 Å². The number of nitrogens with one attached hydrogen (secondary N) is 1. The number of ether oxygens (including phenoxy) is 1. The van der Waals surface area contributed by atoms with Gasteiger partial charge in [-0.15, -0.1) is 0 Å². The summed E-state index contributed by atoms with van der Waals surface area (Å²) in [5.74, 6) is 0.404. The second kappa shape index (κ2) is 6.45. The average molecular weight is 306 g/mol. The van der Waals surface area contributed by atoms with E-state index in [9.17, 15) is 4.79 Å². The summed E-state index contributed by atoms with van der Waals surface area (Å²) in [5, 5.41) is 3.09. The Labute approximate surface area is 128 Å². The van der Waals surface area contributed by atoms with Gasteiger partial charge in [0.15, 0.2) is 0 Å². The van der Waals surface area contributed by atoms with Gasteiger partial charge < -0.3 is 15.8 Å². The summed E-state index contributed by atoms with van der Waals surface area (Å²) in [6, 6.07) is 8.71. The smallest absolute Gasteiger partial charge is 0.254 e. The molecular weight excluding hydrogens is 290 g/mol. The Morgan fingerprint density at radius 1 is 1.43 bits per heavy atom. The van der Waals surface area contributed by atoms with Crippen LogP contribution in [0.3, 0.4) is 0 Å². The summed E-state index contributed by atoms with van der Waals surface area (Å²) in [6.45, 7) is 1.87. The highest BCUT2D eigenvalue weighted by Crippen LogP contribution is 2.25. The number of carbonyl (C=O) groups excluding carboxylic acids is 1. The monoisotopic (exact) mass is 305 g/mol. The first-order chi connectivity index (χ1) is 10.0. The number of amides is 1. The highest BCUT2D eigenvalue weighted by molar-refractivity contribution is 6.29. The van der Waals surface area contributed by atoms with Crippen molar-refractivity contribution in [3.05, 3.63) is 52.8 Å². The third kappa shape index (κ3) is 3.44. The highest BCUT2D eigenvalue weighted by Gasteiger charge is 2.17. The number of aromatic nitrogens is 1. The van der Waals surface area contributed by atoms with E-state index in [1.54, 1.807) is 7.11 Å². The van der Waals surface area contributed by atoms with E-state index in [0.717, 1.165) is 5.56 Å². The average Bonchev–Trinajstić information content (AvgIpc) is 2.49. The number of halogens is 1. The Hall–Kier alpha value is -2.27. The Balaban J connectivity index is 2.21. The molecule has 1 aromatic heterocycles. The molecule has 0 bridgehead atoms. The van der Waals surface area contributed by atoms with E-state index >= 15 is 0 Å². The van der Waals surface area contributed by atoms with Crippen molar-refractivity contribution in [3.63, 3.8) is 0 Å². The first kappa shape index (κ1) is 15.1. The minimum atomic E-state index is -0.310. The molecule has 5 nitrogen and oxygen atoms in total. The van der Waals surface area contributed by atoms with Gasteiger partial charge in [-0.25, -0.2) is 4.98 Å². The van der Waals surface area contributed by atoms with E-state index in [1.807, 2.05) is 31.2 Å². The zero-order valence-corrected chi connectivity index (χ0v) is 12.5. The molecule has 1 atom stereocenters. The number of carbonyl (C=O) groups is 1. The van der Waals surface area contributed by atoms with Crippen molar-refractivity contribution in [2.45, 2.75) is 13.0 Å². The SMILES string of the molecule is COc1ccccc1C(C)NC(=O)c1cc(Cl)ncc1N. The zero-order valence-electron chi connectivity index (χ0n) is 11.8. The Morgan fingerprint density at radius 3 is 2.86 bits per heavy atom. The number of nitrogens with zero attached hydrogens (tertiary/aromatic N) is 1. The molecule has 3 N–H and O–H groups in total. The fourth-order valence-corrected chi connectivity index (χ4v) is 2.17. The molecule has 0 aliphatic carbocycles. The third-order valence-electron chi connectivity index (χ3n) is 3.10. The summed E-state index contributed by atoms with van der Waals surface area (Å²) in [6.07, 6.45) is 1.37. The van der Waals surface area contributed by atoms with Crippen LogP contribution >= 0.6 is 11.6 Å². The lowest BCUT2D eigenvalue weighted by molar-refractivity contribution is 0.0940. The summed E-state index contributed by atoms with van der Waals surface area (Å²) < 4.78 is 5.29. The summed E-state index contributed by atoms with van der Waals surface area (Å²) in [5.41, 5.74) is 7.22. The highest BCUT2D eigenvalue weighted by atomic mass is 35.5. The molecule has 1 unspecified atom stereocenters. The number of nitrogens with two attached hydrogens (primary N) is 1. The number of benzene rings is 1. The molecular formula is C15H16ClN3O2. The number of hydrogen-bond donors (Lipinski definition) is 2. The fraction of sp³-hybridized carbons (Fsp3) is 0.200. The Kier molecular flexibility index (Phi) is 4.65. The van der Waals surface area contributed by atoms with Gasteiger partial charge in [-0.2, -0.15) is 0 Å². The van der Waals surface area contributed by atoms with Gasteiger partial charge in [0.2, 0.25) is 0 Å². The molecule has 21 heavy (non-hydrogen) atoms. The summed E-state index contributed by atoms with van der Waals surface area (Å²) >= 11 is 5.80. The second-order valence-electron chi connectivity index (χ2n) is 4.53.